The second kappa shape index (κ2) is 6.76. The fourth-order valence-corrected chi connectivity index (χ4v) is 2.44. The third-order valence-corrected chi connectivity index (χ3v) is 3.83. The molecule has 0 aliphatic heterocycles. The van der Waals surface area contributed by atoms with E-state index in [4.69, 9.17) is 13.9 Å². The molecule has 0 unspecified atom stereocenters. The first-order valence-corrected chi connectivity index (χ1v) is 7.52. The van der Waals surface area contributed by atoms with Crippen molar-refractivity contribution in [1.82, 2.24) is 0 Å². The predicted octanol–water partition coefficient (Wildman–Crippen LogP) is 3.93. The van der Waals surface area contributed by atoms with Gasteiger partial charge >= 0.3 is 5.97 Å². The Labute approximate surface area is 143 Å². The lowest BCUT2D eigenvalue weighted by atomic mass is 10.1. The molecule has 1 heterocycles. The number of Topliss-reactive ketones (excluding diaryl/α,β-unsaturated/α-hetero) is 1. The van der Waals surface area contributed by atoms with Crippen molar-refractivity contribution in [2.75, 3.05) is 13.7 Å². The first-order chi connectivity index (χ1) is 12.0. The Balaban J connectivity index is 1.75. The molecule has 0 atom stereocenters. The Hall–Kier alpha value is -3.15. The second-order valence-corrected chi connectivity index (χ2v) is 5.42. The van der Waals surface area contributed by atoms with Crippen molar-refractivity contribution < 1.29 is 27.9 Å². The molecule has 1 aromatic heterocycles. The minimum atomic E-state index is -0.733. The number of carbonyl (C=O) groups is 2. The van der Waals surface area contributed by atoms with Gasteiger partial charge in [0.25, 0.3) is 0 Å². The summed E-state index contributed by atoms with van der Waals surface area (Å²) in [5.74, 6) is -0.924. The lowest BCUT2D eigenvalue weighted by molar-refractivity contribution is 0.0445. The van der Waals surface area contributed by atoms with E-state index in [0.717, 1.165) is 5.39 Å². The molecule has 0 amide bonds. The van der Waals surface area contributed by atoms with Crippen LogP contribution in [-0.2, 0) is 4.74 Å². The molecule has 6 heteroatoms. The smallest absolute Gasteiger partial charge is 0.375 e. The lowest BCUT2D eigenvalue weighted by Gasteiger charge is -2.03. The van der Waals surface area contributed by atoms with Crippen molar-refractivity contribution in [3.05, 3.63) is 65.2 Å². The number of hydrogen-bond acceptors (Lipinski definition) is 5. The molecule has 0 spiro atoms. The summed E-state index contributed by atoms with van der Waals surface area (Å²) in [4.78, 5) is 24.2. The number of hydrogen-bond donors (Lipinski definition) is 0. The average Bonchev–Trinajstić information content (AvgIpc) is 2.96. The molecule has 0 radical (unpaired) electrons. The second-order valence-electron chi connectivity index (χ2n) is 5.42. The van der Waals surface area contributed by atoms with Crippen LogP contribution >= 0.6 is 0 Å². The molecule has 0 N–H and O–H groups in total. The average molecular weight is 342 g/mol. The lowest BCUT2D eigenvalue weighted by Crippen LogP contribution is -2.14. The molecular formula is C19H15FO5. The highest BCUT2D eigenvalue weighted by atomic mass is 19.1. The summed E-state index contributed by atoms with van der Waals surface area (Å²) in [5.41, 5.74) is 1.39. The summed E-state index contributed by atoms with van der Waals surface area (Å²) in [6.07, 6.45) is 0. The molecule has 5 nitrogen and oxygen atoms in total. The summed E-state index contributed by atoms with van der Waals surface area (Å²) in [7, 11) is 1.55. The zero-order valence-electron chi connectivity index (χ0n) is 13.7. The molecule has 0 bridgehead atoms. The number of halogens is 1. The zero-order valence-corrected chi connectivity index (χ0v) is 13.7. The topological polar surface area (TPSA) is 65.7 Å². The van der Waals surface area contributed by atoms with Crippen LogP contribution in [0.1, 0.15) is 26.5 Å². The number of carbonyl (C=O) groups excluding carboxylic acids is 2. The van der Waals surface area contributed by atoms with Crippen LogP contribution in [0.4, 0.5) is 4.39 Å². The standard InChI is InChI=1S/C19H15FO5/c1-11-15-9-14(23-2)7-8-17(15)25-18(11)19(22)24-10-16(21)12-3-5-13(20)6-4-12/h3-9H,10H2,1-2H3. The van der Waals surface area contributed by atoms with E-state index in [2.05, 4.69) is 0 Å². The van der Waals surface area contributed by atoms with Crippen LogP contribution in [-0.4, -0.2) is 25.5 Å². The van der Waals surface area contributed by atoms with Gasteiger partial charge in [-0.25, -0.2) is 9.18 Å². The van der Waals surface area contributed by atoms with Crippen LogP contribution in [0.15, 0.2) is 46.9 Å². The van der Waals surface area contributed by atoms with Gasteiger partial charge in [0.05, 0.1) is 7.11 Å². The maximum atomic E-state index is 12.9. The largest absolute Gasteiger partial charge is 0.497 e. The number of furan rings is 1. The van der Waals surface area contributed by atoms with Crippen molar-refractivity contribution in [2.24, 2.45) is 0 Å². The monoisotopic (exact) mass is 342 g/mol. The van der Waals surface area contributed by atoms with Crippen LogP contribution in [0.3, 0.4) is 0 Å². The first-order valence-electron chi connectivity index (χ1n) is 7.52. The quantitative estimate of drug-likeness (QED) is 0.519. The Kier molecular flexibility index (Phi) is 4.52. The van der Waals surface area contributed by atoms with Crippen molar-refractivity contribution in [2.45, 2.75) is 6.92 Å². The minimum Gasteiger partial charge on any atom is -0.497 e. The molecule has 0 fully saturated rings. The maximum absolute atomic E-state index is 12.9. The minimum absolute atomic E-state index is 0.0372. The Morgan fingerprint density at radius 2 is 1.84 bits per heavy atom. The van der Waals surface area contributed by atoms with Crippen molar-refractivity contribution in [1.29, 1.82) is 0 Å². The van der Waals surface area contributed by atoms with Gasteiger partial charge in [0, 0.05) is 16.5 Å². The van der Waals surface area contributed by atoms with Crippen molar-refractivity contribution in [3.63, 3.8) is 0 Å². The highest BCUT2D eigenvalue weighted by Gasteiger charge is 2.20. The van der Waals surface area contributed by atoms with Gasteiger partial charge in [0.15, 0.2) is 12.4 Å². The van der Waals surface area contributed by atoms with Gasteiger partial charge in [-0.2, -0.15) is 0 Å². The van der Waals surface area contributed by atoms with E-state index in [9.17, 15) is 14.0 Å². The molecule has 2 aromatic carbocycles. The van der Waals surface area contributed by atoms with Gasteiger partial charge in [-0.15, -0.1) is 0 Å². The molecule has 3 aromatic rings. The molecule has 25 heavy (non-hydrogen) atoms. The van der Waals surface area contributed by atoms with Crippen LogP contribution in [0.25, 0.3) is 11.0 Å². The van der Waals surface area contributed by atoms with Crippen LogP contribution in [0, 0.1) is 12.7 Å². The van der Waals surface area contributed by atoms with Crippen molar-refractivity contribution >= 4 is 22.7 Å². The van der Waals surface area contributed by atoms with Crippen molar-refractivity contribution in [3.8, 4) is 5.75 Å². The van der Waals surface area contributed by atoms with Gasteiger partial charge in [-0.05, 0) is 49.4 Å². The summed E-state index contributed by atoms with van der Waals surface area (Å²) >= 11 is 0. The molecule has 3 rings (SSSR count). The molecule has 0 aliphatic carbocycles. The molecule has 0 saturated carbocycles. The van der Waals surface area contributed by atoms with E-state index in [-0.39, 0.29) is 11.3 Å². The Bertz CT molecular complexity index is 940. The highest BCUT2D eigenvalue weighted by Crippen LogP contribution is 2.29. The number of esters is 1. The van der Waals surface area contributed by atoms with Gasteiger partial charge in [0.2, 0.25) is 5.76 Å². The maximum Gasteiger partial charge on any atom is 0.375 e. The summed E-state index contributed by atoms with van der Waals surface area (Å²) < 4.78 is 28.6. The van der Waals surface area contributed by atoms with Crippen LogP contribution in [0.2, 0.25) is 0 Å². The zero-order chi connectivity index (χ0) is 18.0. The fourth-order valence-electron chi connectivity index (χ4n) is 2.44. The van der Waals surface area contributed by atoms with Gasteiger partial charge in [0.1, 0.15) is 17.1 Å². The Morgan fingerprint density at radius 3 is 2.52 bits per heavy atom. The van der Waals surface area contributed by atoms with E-state index in [0.29, 0.717) is 16.9 Å². The SMILES string of the molecule is COc1ccc2oc(C(=O)OCC(=O)c3ccc(F)cc3)c(C)c2c1. The van der Waals surface area contributed by atoms with Crippen LogP contribution in [0.5, 0.6) is 5.75 Å². The third kappa shape index (κ3) is 3.38. The fraction of sp³-hybridized carbons (Fsp3) is 0.158. The number of methoxy groups -OCH3 is 1. The first kappa shape index (κ1) is 16.7. The number of fused-ring (bicyclic) bond motifs is 1. The number of ether oxygens (including phenoxy) is 2. The van der Waals surface area contributed by atoms with E-state index in [1.807, 2.05) is 0 Å². The summed E-state index contributed by atoms with van der Waals surface area (Å²) in [6.45, 7) is 1.27. The number of benzene rings is 2. The molecule has 0 aliphatic rings. The van der Waals surface area contributed by atoms with Gasteiger partial charge in [-0.3, -0.25) is 4.79 Å². The van der Waals surface area contributed by atoms with E-state index in [1.54, 1.807) is 32.2 Å². The van der Waals surface area contributed by atoms with E-state index in [1.165, 1.54) is 24.3 Å². The normalized spacial score (nSPS) is 10.7. The van der Waals surface area contributed by atoms with E-state index < -0.39 is 24.2 Å². The van der Waals surface area contributed by atoms with Crippen LogP contribution < -0.4 is 4.74 Å². The Morgan fingerprint density at radius 1 is 1.12 bits per heavy atom. The predicted molar refractivity (Wildman–Crippen MR) is 88.5 cm³/mol. The number of aryl methyl sites for hydroxylation is 1. The molecular weight excluding hydrogens is 327 g/mol. The summed E-state index contributed by atoms with van der Waals surface area (Å²) in [6, 6.07) is 10.2. The highest BCUT2D eigenvalue weighted by molar-refractivity contribution is 6.00. The summed E-state index contributed by atoms with van der Waals surface area (Å²) in [5, 5.41) is 0.733. The van der Waals surface area contributed by atoms with Gasteiger partial charge in [-0.1, -0.05) is 0 Å². The van der Waals surface area contributed by atoms with Gasteiger partial charge < -0.3 is 13.9 Å². The number of rotatable bonds is 5. The molecule has 128 valence electrons. The third-order valence-electron chi connectivity index (χ3n) is 3.83. The van der Waals surface area contributed by atoms with E-state index >= 15 is 0 Å². The molecule has 0 saturated heterocycles. The number of ketones is 1.